The Morgan fingerprint density at radius 3 is 2.70 bits per heavy atom. The first-order chi connectivity index (χ1) is 9.44. The van der Waals surface area contributed by atoms with E-state index in [1.54, 1.807) is 0 Å². The number of hydrogen-bond acceptors (Lipinski definition) is 5. The van der Waals surface area contributed by atoms with Crippen molar-refractivity contribution >= 4 is 16.2 Å². The minimum absolute atomic E-state index is 0.202. The number of hydrogen-bond donors (Lipinski definition) is 0. The van der Waals surface area contributed by atoms with Crippen molar-refractivity contribution in [2.24, 2.45) is 0 Å². The first kappa shape index (κ1) is 14.8. The van der Waals surface area contributed by atoms with Crippen molar-refractivity contribution in [3.8, 4) is 0 Å². The summed E-state index contributed by atoms with van der Waals surface area (Å²) < 4.78 is 32.1. The van der Waals surface area contributed by atoms with E-state index in [0.717, 1.165) is 11.8 Å². The molecule has 0 radical (unpaired) electrons. The van der Waals surface area contributed by atoms with E-state index < -0.39 is 22.3 Å². The van der Waals surface area contributed by atoms with Gasteiger partial charge in [-0.05, 0) is 12.0 Å². The van der Waals surface area contributed by atoms with Gasteiger partial charge in [-0.15, -0.1) is 0 Å². The predicted octanol–water partition coefficient (Wildman–Crippen LogP) is 1.37. The molecule has 0 unspecified atom stereocenters. The highest BCUT2D eigenvalue weighted by Crippen LogP contribution is 2.16. The molecule has 20 heavy (non-hydrogen) atoms. The average molecular weight is 299 g/mol. The quantitative estimate of drug-likeness (QED) is 0.785. The van der Waals surface area contributed by atoms with Crippen LogP contribution in [0.1, 0.15) is 12.0 Å². The molecular weight excluding hydrogens is 282 g/mol. The molecule has 1 atom stereocenters. The second-order valence-electron chi connectivity index (χ2n) is 4.70. The van der Waals surface area contributed by atoms with Crippen LogP contribution < -0.4 is 0 Å². The lowest BCUT2D eigenvalue weighted by molar-refractivity contribution is 0.0995. The third-order valence-corrected chi connectivity index (χ3v) is 3.54. The van der Waals surface area contributed by atoms with E-state index in [0.29, 0.717) is 13.0 Å². The molecule has 0 saturated carbocycles. The monoisotopic (exact) mass is 299 g/mol. The van der Waals surface area contributed by atoms with Crippen LogP contribution in [0.4, 0.5) is 4.79 Å². The van der Waals surface area contributed by atoms with E-state index in [1.807, 2.05) is 30.3 Å². The van der Waals surface area contributed by atoms with Gasteiger partial charge in [-0.1, -0.05) is 30.3 Å². The standard InChI is InChI=1S/C13H17NO5S/c1-20(16,17)19-12-7-8-14(9-12)13(15)18-10-11-5-3-2-4-6-11/h2-6,12H,7-10H2,1H3/t12-/m1/s1. The summed E-state index contributed by atoms with van der Waals surface area (Å²) in [6.45, 7) is 0.877. The van der Waals surface area contributed by atoms with Gasteiger partial charge in [-0.3, -0.25) is 4.18 Å². The highest BCUT2D eigenvalue weighted by Gasteiger charge is 2.30. The van der Waals surface area contributed by atoms with Crippen LogP contribution in [0.2, 0.25) is 0 Å². The molecule has 1 aliphatic rings. The van der Waals surface area contributed by atoms with E-state index in [2.05, 4.69) is 0 Å². The molecule has 1 heterocycles. The van der Waals surface area contributed by atoms with Crippen LogP contribution in [0.15, 0.2) is 30.3 Å². The lowest BCUT2D eigenvalue weighted by Gasteiger charge is -2.16. The first-order valence-corrected chi connectivity index (χ1v) is 8.09. The fraction of sp³-hybridized carbons (Fsp3) is 0.462. The molecule has 6 nitrogen and oxygen atoms in total. The third kappa shape index (κ3) is 4.50. The van der Waals surface area contributed by atoms with Crippen LogP contribution in [0, 0.1) is 0 Å². The molecule has 0 aromatic heterocycles. The number of nitrogens with zero attached hydrogens (tertiary/aromatic N) is 1. The molecular formula is C13H17NO5S. The summed E-state index contributed by atoms with van der Waals surface area (Å²) in [6.07, 6.45) is 0.569. The normalized spacial score (nSPS) is 19.1. The van der Waals surface area contributed by atoms with Gasteiger partial charge in [0.1, 0.15) is 6.61 Å². The maximum Gasteiger partial charge on any atom is 0.410 e. The molecule has 1 aliphatic heterocycles. The summed E-state index contributed by atoms with van der Waals surface area (Å²) in [6, 6.07) is 9.36. The Morgan fingerprint density at radius 1 is 1.35 bits per heavy atom. The van der Waals surface area contributed by atoms with E-state index in [1.165, 1.54) is 4.90 Å². The van der Waals surface area contributed by atoms with Gasteiger partial charge < -0.3 is 9.64 Å². The molecule has 7 heteroatoms. The van der Waals surface area contributed by atoms with Crippen LogP contribution in [-0.4, -0.2) is 44.9 Å². The number of ether oxygens (including phenoxy) is 1. The second kappa shape index (κ2) is 6.23. The van der Waals surface area contributed by atoms with E-state index in [9.17, 15) is 13.2 Å². The van der Waals surface area contributed by atoms with Crippen molar-refractivity contribution < 1.29 is 22.1 Å². The minimum Gasteiger partial charge on any atom is -0.445 e. The number of benzene rings is 1. The molecule has 0 spiro atoms. The molecule has 1 aromatic carbocycles. The zero-order chi connectivity index (χ0) is 14.6. The Balaban J connectivity index is 1.80. The summed E-state index contributed by atoms with van der Waals surface area (Å²) in [7, 11) is -3.49. The predicted molar refractivity (Wildman–Crippen MR) is 72.5 cm³/mol. The minimum atomic E-state index is -3.49. The molecule has 1 amide bonds. The summed E-state index contributed by atoms with van der Waals surface area (Å²) in [5.74, 6) is 0. The lowest BCUT2D eigenvalue weighted by atomic mass is 10.2. The zero-order valence-corrected chi connectivity index (χ0v) is 12.0. The van der Waals surface area contributed by atoms with Gasteiger partial charge in [0.05, 0.1) is 18.9 Å². The highest BCUT2D eigenvalue weighted by atomic mass is 32.2. The zero-order valence-electron chi connectivity index (χ0n) is 11.2. The average Bonchev–Trinajstić information content (AvgIpc) is 2.83. The Labute approximate surface area is 118 Å². The fourth-order valence-corrected chi connectivity index (χ4v) is 2.68. The van der Waals surface area contributed by atoms with Crippen LogP contribution in [0.25, 0.3) is 0 Å². The number of carbonyl (C=O) groups excluding carboxylic acids is 1. The Bertz CT molecular complexity index is 557. The van der Waals surface area contributed by atoms with Gasteiger partial charge in [0.15, 0.2) is 0 Å². The van der Waals surface area contributed by atoms with Crippen molar-refractivity contribution in [3.05, 3.63) is 35.9 Å². The van der Waals surface area contributed by atoms with Crippen LogP contribution in [0.5, 0.6) is 0 Å². The Hall–Kier alpha value is -1.60. The van der Waals surface area contributed by atoms with Gasteiger partial charge in [-0.25, -0.2) is 4.79 Å². The third-order valence-electron chi connectivity index (χ3n) is 2.92. The van der Waals surface area contributed by atoms with Gasteiger partial charge in [0.2, 0.25) is 0 Å². The fourth-order valence-electron chi connectivity index (χ4n) is 2.03. The highest BCUT2D eigenvalue weighted by molar-refractivity contribution is 7.86. The van der Waals surface area contributed by atoms with Crippen LogP contribution in [-0.2, 0) is 25.6 Å². The Morgan fingerprint density at radius 2 is 2.05 bits per heavy atom. The van der Waals surface area contributed by atoms with E-state index in [4.69, 9.17) is 8.92 Å². The summed E-state index contributed by atoms with van der Waals surface area (Å²) in [5, 5.41) is 0. The van der Waals surface area contributed by atoms with Crippen molar-refractivity contribution in [3.63, 3.8) is 0 Å². The SMILES string of the molecule is CS(=O)(=O)O[C@@H]1CCN(C(=O)OCc2ccccc2)C1. The number of likely N-dealkylation sites (tertiary alicyclic amines) is 1. The van der Waals surface area contributed by atoms with Crippen molar-refractivity contribution in [1.29, 1.82) is 0 Å². The van der Waals surface area contributed by atoms with Crippen molar-refractivity contribution in [1.82, 2.24) is 4.90 Å². The maximum atomic E-state index is 11.8. The maximum absolute atomic E-state index is 11.8. The molecule has 110 valence electrons. The first-order valence-electron chi connectivity index (χ1n) is 6.28. The number of amides is 1. The van der Waals surface area contributed by atoms with Crippen LogP contribution in [0.3, 0.4) is 0 Å². The van der Waals surface area contributed by atoms with E-state index in [-0.39, 0.29) is 13.2 Å². The molecule has 1 aromatic rings. The van der Waals surface area contributed by atoms with E-state index >= 15 is 0 Å². The second-order valence-corrected chi connectivity index (χ2v) is 6.30. The molecule has 0 aliphatic carbocycles. The Kier molecular flexibility index (Phi) is 4.61. The molecule has 1 saturated heterocycles. The molecule has 0 bridgehead atoms. The number of rotatable bonds is 4. The lowest BCUT2D eigenvalue weighted by Crippen LogP contribution is -2.31. The van der Waals surface area contributed by atoms with Gasteiger partial charge in [0, 0.05) is 6.54 Å². The summed E-state index contributed by atoms with van der Waals surface area (Å²) >= 11 is 0. The largest absolute Gasteiger partial charge is 0.445 e. The topological polar surface area (TPSA) is 72.9 Å². The summed E-state index contributed by atoms with van der Waals surface area (Å²) in [5.41, 5.74) is 0.906. The summed E-state index contributed by atoms with van der Waals surface area (Å²) in [4.78, 5) is 13.3. The molecule has 1 fully saturated rings. The molecule has 2 rings (SSSR count). The van der Waals surface area contributed by atoms with Gasteiger partial charge >= 0.3 is 6.09 Å². The molecule has 0 N–H and O–H groups in total. The van der Waals surface area contributed by atoms with Gasteiger partial charge in [-0.2, -0.15) is 8.42 Å². The smallest absolute Gasteiger partial charge is 0.410 e. The van der Waals surface area contributed by atoms with Crippen molar-refractivity contribution in [2.45, 2.75) is 19.1 Å². The van der Waals surface area contributed by atoms with Crippen LogP contribution >= 0.6 is 0 Å². The number of carbonyl (C=O) groups is 1. The van der Waals surface area contributed by atoms with Gasteiger partial charge in [0.25, 0.3) is 10.1 Å². The van der Waals surface area contributed by atoms with Crippen molar-refractivity contribution in [2.75, 3.05) is 19.3 Å².